The van der Waals surface area contributed by atoms with Crippen molar-refractivity contribution < 1.29 is 33.4 Å². The van der Waals surface area contributed by atoms with E-state index in [0.717, 1.165) is 16.7 Å². The number of benzene rings is 4. The van der Waals surface area contributed by atoms with Crippen molar-refractivity contribution in [3.63, 3.8) is 0 Å². The minimum atomic E-state index is -0.860. The maximum atomic E-state index is 13.8. The van der Waals surface area contributed by atoms with Crippen LogP contribution in [-0.2, 0) is 25.7 Å². The summed E-state index contributed by atoms with van der Waals surface area (Å²) in [6.07, 6.45) is 1.02. The highest BCUT2D eigenvalue weighted by atomic mass is 35.5. The topological polar surface area (TPSA) is 159 Å². The third kappa shape index (κ3) is 11.2. The molecular formula is C50H57Cl2N5O7. The molecule has 2 aliphatic rings. The summed E-state index contributed by atoms with van der Waals surface area (Å²) in [7, 11) is 0. The first-order chi connectivity index (χ1) is 30.3. The fraction of sp³-hybridized carbons (Fsp3) is 0.420. The third-order valence-corrected chi connectivity index (χ3v) is 12.7. The molecule has 12 nitrogen and oxygen atoms in total. The van der Waals surface area contributed by atoms with E-state index in [1.165, 1.54) is 0 Å². The predicted molar refractivity (Wildman–Crippen MR) is 247 cm³/mol. The van der Waals surface area contributed by atoms with Crippen LogP contribution in [-0.4, -0.2) is 79.1 Å². The van der Waals surface area contributed by atoms with Gasteiger partial charge < -0.3 is 35.1 Å². The summed E-state index contributed by atoms with van der Waals surface area (Å²) in [6, 6.07) is 27.6. The van der Waals surface area contributed by atoms with E-state index in [4.69, 9.17) is 37.4 Å². The number of likely N-dealkylation sites (tertiary alicyclic amines) is 1. The van der Waals surface area contributed by atoms with E-state index in [0.29, 0.717) is 58.6 Å². The molecule has 338 valence electrons. The second-order valence-electron chi connectivity index (χ2n) is 18.7. The van der Waals surface area contributed by atoms with Crippen molar-refractivity contribution in [1.82, 2.24) is 20.9 Å². The lowest BCUT2D eigenvalue weighted by Gasteiger charge is -2.63. The molecule has 2 fully saturated rings. The molecule has 3 N–H and O–H groups in total. The Balaban J connectivity index is 0.929. The lowest BCUT2D eigenvalue weighted by Crippen LogP contribution is -2.74. The lowest BCUT2D eigenvalue weighted by molar-refractivity contribution is -0.164. The molecule has 4 aromatic carbocycles. The monoisotopic (exact) mass is 909 g/mol. The summed E-state index contributed by atoms with van der Waals surface area (Å²) in [5, 5.41) is 19.2. The van der Waals surface area contributed by atoms with E-state index >= 15 is 0 Å². The molecule has 1 heterocycles. The number of nitrogens with zero attached hydrogens (tertiary/aromatic N) is 2. The van der Waals surface area contributed by atoms with Crippen LogP contribution in [0.15, 0.2) is 91.0 Å². The highest BCUT2D eigenvalue weighted by Gasteiger charge is 2.64. The van der Waals surface area contributed by atoms with Crippen LogP contribution in [0.4, 0.5) is 0 Å². The molecule has 0 bridgehead atoms. The van der Waals surface area contributed by atoms with Crippen molar-refractivity contribution in [1.29, 1.82) is 5.26 Å². The molecule has 1 unspecified atom stereocenters. The number of nitriles is 1. The molecule has 1 saturated heterocycles. The molecule has 4 aromatic rings. The highest BCUT2D eigenvalue weighted by molar-refractivity contribution is 6.31. The lowest BCUT2D eigenvalue weighted by atomic mass is 9.49. The van der Waals surface area contributed by atoms with Crippen LogP contribution >= 0.6 is 23.2 Å². The molecule has 1 aliphatic heterocycles. The molecule has 0 spiro atoms. The Hall–Kier alpha value is -5.61. The van der Waals surface area contributed by atoms with Crippen molar-refractivity contribution >= 4 is 46.8 Å². The van der Waals surface area contributed by atoms with E-state index in [2.05, 4.69) is 49.7 Å². The van der Waals surface area contributed by atoms with Gasteiger partial charge >= 0.3 is 0 Å². The van der Waals surface area contributed by atoms with E-state index in [1.807, 2.05) is 69.3 Å². The van der Waals surface area contributed by atoms with Crippen molar-refractivity contribution in [3.05, 3.63) is 118 Å². The molecule has 6 rings (SSSR count). The molecule has 14 heteroatoms. The second kappa shape index (κ2) is 20.1. The smallest absolute Gasteiger partial charge is 0.251 e. The zero-order valence-corrected chi connectivity index (χ0v) is 38.9. The number of ether oxygens (including phenoxy) is 3. The molecule has 4 amide bonds. The van der Waals surface area contributed by atoms with E-state index in [1.54, 1.807) is 47.4 Å². The third-order valence-electron chi connectivity index (χ3n) is 12.1. The van der Waals surface area contributed by atoms with Crippen molar-refractivity contribution in [2.24, 2.45) is 16.2 Å². The molecule has 1 saturated carbocycles. The molecule has 2 atom stereocenters. The first-order valence-corrected chi connectivity index (χ1v) is 22.3. The van der Waals surface area contributed by atoms with Gasteiger partial charge in [0.25, 0.3) is 5.91 Å². The van der Waals surface area contributed by atoms with Gasteiger partial charge in [-0.1, -0.05) is 108 Å². The van der Waals surface area contributed by atoms with E-state index in [9.17, 15) is 24.4 Å². The largest absolute Gasteiger partial charge is 0.491 e. The maximum absolute atomic E-state index is 13.8. The fourth-order valence-electron chi connectivity index (χ4n) is 8.98. The Labute approximate surface area is 385 Å². The van der Waals surface area contributed by atoms with Gasteiger partial charge in [-0.05, 0) is 83.5 Å². The Morgan fingerprint density at radius 1 is 0.859 bits per heavy atom. The average Bonchev–Trinajstić information content (AvgIpc) is 3.76. The number of carbonyl (C=O) groups excluding carboxylic acids is 4. The Morgan fingerprint density at radius 2 is 1.48 bits per heavy atom. The number of hydrogen-bond donors (Lipinski definition) is 3. The first-order valence-electron chi connectivity index (χ1n) is 21.5. The average molecular weight is 911 g/mol. The Kier molecular flexibility index (Phi) is 15.0. The summed E-state index contributed by atoms with van der Waals surface area (Å²) < 4.78 is 17.8. The summed E-state index contributed by atoms with van der Waals surface area (Å²) in [6.45, 7) is 14.7. The van der Waals surface area contributed by atoms with Crippen LogP contribution in [0.3, 0.4) is 0 Å². The molecule has 0 radical (unpaired) electrons. The molecular weight excluding hydrogens is 853 g/mol. The quantitative estimate of drug-likeness (QED) is 0.0947. The van der Waals surface area contributed by atoms with Crippen molar-refractivity contribution in [3.8, 4) is 28.7 Å². The molecule has 1 aliphatic carbocycles. The molecule has 64 heavy (non-hydrogen) atoms. The summed E-state index contributed by atoms with van der Waals surface area (Å²) >= 11 is 12.2. The Morgan fingerprint density at radius 3 is 2.09 bits per heavy atom. The van der Waals surface area contributed by atoms with Gasteiger partial charge in [0.05, 0.1) is 17.2 Å². The number of halogens is 2. The summed E-state index contributed by atoms with van der Waals surface area (Å²) in [4.78, 5) is 55.0. The van der Waals surface area contributed by atoms with Gasteiger partial charge in [0.15, 0.2) is 0 Å². The second-order valence-corrected chi connectivity index (χ2v) is 19.5. The van der Waals surface area contributed by atoms with E-state index in [-0.39, 0.29) is 60.5 Å². The number of nitrogens with one attached hydrogen (secondary N) is 3. The number of rotatable bonds is 16. The standard InChI is InChI=1S/C50H57Cl2N5O7/c1-48(2,3)42(45(61)57-24-8-9-40(57)44(60)54-29-31-10-19-36(51)20-11-31)55-41(58)30-62-25-26-63-37-21-16-33(17-22-37)32-12-14-34(15-13-32)43(59)56-46-49(4,5)47(50(46,6)7)64-38-23-18-35(28-53)39(52)27-38/h10-23,27,40,42,46-47H,8-9,24-26,29-30H2,1-7H3,(H,54,60)(H,55,58)(H,56,59)/t40-,42?,46?,47?/m0/s1. The summed E-state index contributed by atoms with van der Waals surface area (Å²) in [5.41, 5.74) is 2.30. The van der Waals surface area contributed by atoms with E-state index < -0.39 is 23.4 Å². The number of hydrogen-bond acceptors (Lipinski definition) is 8. The maximum Gasteiger partial charge on any atom is 0.251 e. The van der Waals surface area contributed by atoms with Crippen LogP contribution in [0.25, 0.3) is 11.1 Å². The summed E-state index contributed by atoms with van der Waals surface area (Å²) in [5.74, 6) is 0.0517. The van der Waals surface area contributed by atoms with Crippen molar-refractivity contribution in [2.75, 3.05) is 26.4 Å². The fourth-order valence-corrected chi connectivity index (χ4v) is 9.32. The highest BCUT2D eigenvalue weighted by Crippen LogP contribution is 2.55. The normalized spacial score (nSPS) is 19.1. The SMILES string of the molecule is CC(C)(C)C(NC(=O)COCCOc1ccc(-c2ccc(C(=O)NC3C(C)(C)C(Oc4ccc(C#N)c(Cl)c4)C3(C)C)cc2)cc1)C(=O)N1CCC[C@H]1C(=O)NCc1ccc(Cl)cc1. The van der Waals surface area contributed by atoms with Crippen LogP contribution < -0.4 is 25.4 Å². The Bertz CT molecular complexity index is 2340. The molecule has 0 aromatic heterocycles. The minimum absolute atomic E-state index is 0.143. The zero-order valence-electron chi connectivity index (χ0n) is 37.4. The van der Waals surface area contributed by atoms with Gasteiger partial charge in [0.1, 0.15) is 49.0 Å². The van der Waals surface area contributed by atoms with Crippen LogP contribution in [0.5, 0.6) is 11.5 Å². The van der Waals surface area contributed by atoms with Crippen LogP contribution in [0.2, 0.25) is 10.0 Å². The minimum Gasteiger partial charge on any atom is -0.491 e. The van der Waals surface area contributed by atoms with Gasteiger partial charge in [0, 0.05) is 46.6 Å². The van der Waals surface area contributed by atoms with Crippen LogP contribution in [0, 0.1) is 27.6 Å². The number of carbonyl (C=O) groups is 4. The van der Waals surface area contributed by atoms with Gasteiger partial charge in [-0.2, -0.15) is 5.26 Å². The first kappa shape index (κ1) is 47.9. The van der Waals surface area contributed by atoms with Gasteiger partial charge in [0.2, 0.25) is 17.7 Å². The van der Waals surface area contributed by atoms with Gasteiger partial charge in [-0.15, -0.1) is 0 Å². The van der Waals surface area contributed by atoms with Crippen LogP contribution in [0.1, 0.15) is 82.8 Å². The number of amides is 4. The van der Waals surface area contributed by atoms with Gasteiger partial charge in [-0.3, -0.25) is 19.2 Å². The van der Waals surface area contributed by atoms with Crippen molar-refractivity contribution in [2.45, 2.75) is 92.1 Å². The van der Waals surface area contributed by atoms with Gasteiger partial charge in [-0.25, -0.2) is 0 Å². The predicted octanol–water partition coefficient (Wildman–Crippen LogP) is 8.38. The zero-order chi connectivity index (χ0) is 46.4.